The van der Waals surface area contributed by atoms with Gasteiger partial charge in [-0.05, 0) is 48.9 Å². The summed E-state index contributed by atoms with van der Waals surface area (Å²) >= 11 is 1.09. The number of carbonyl (C=O) groups excluding carboxylic acids is 2. The number of benzene rings is 2. The fraction of sp³-hybridized carbons (Fsp3) is 0.158. The molecule has 0 aliphatic carbocycles. The molecule has 1 N–H and O–H groups in total. The molecule has 2 aromatic carbocycles. The number of aryl methyl sites for hydroxylation is 1. The molecule has 146 valence electrons. The van der Waals surface area contributed by atoms with Crippen LogP contribution in [0.5, 0.6) is 5.75 Å². The minimum absolute atomic E-state index is 0.0492. The average molecular weight is 409 g/mol. The first-order valence-electron chi connectivity index (χ1n) is 8.04. The number of anilines is 1. The fourth-order valence-corrected chi connectivity index (χ4v) is 3.68. The lowest BCUT2D eigenvalue weighted by Gasteiger charge is -2.08. The molecule has 28 heavy (non-hydrogen) atoms. The molecule has 0 saturated heterocycles. The number of alkyl halides is 2. The molecule has 3 rings (SSSR count). The molecular formula is C19H14F3NO4S. The second-order valence-electron chi connectivity index (χ2n) is 5.70. The Balaban J connectivity index is 1.59. The molecule has 0 aliphatic rings. The number of ether oxygens (including phenoxy) is 2. The van der Waals surface area contributed by atoms with Gasteiger partial charge in [0.2, 0.25) is 0 Å². The van der Waals surface area contributed by atoms with Gasteiger partial charge in [0, 0.05) is 15.8 Å². The van der Waals surface area contributed by atoms with E-state index in [1.54, 1.807) is 19.1 Å². The van der Waals surface area contributed by atoms with Crippen LogP contribution in [0.4, 0.5) is 18.9 Å². The first-order valence-corrected chi connectivity index (χ1v) is 8.86. The zero-order chi connectivity index (χ0) is 20.3. The van der Waals surface area contributed by atoms with Gasteiger partial charge in [0.1, 0.15) is 16.4 Å². The Kier molecular flexibility index (Phi) is 5.84. The Morgan fingerprint density at radius 2 is 1.86 bits per heavy atom. The number of esters is 1. The molecule has 3 aromatic rings. The number of nitrogens with one attached hydrogen (secondary N) is 1. The number of fused-ring (bicyclic) bond motifs is 1. The third-order valence-electron chi connectivity index (χ3n) is 3.79. The molecule has 0 aliphatic heterocycles. The highest BCUT2D eigenvalue weighted by atomic mass is 32.1. The monoisotopic (exact) mass is 409 g/mol. The number of carbonyl (C=O) groups is 2. The number of thiophene rings is 1. The molecular weight excluding hydrogens is 395 g/mol. The summed E-state index contributed by atoms with van der Waals surface area (Å²) in [7, 11) is 0. The summed E-state index contributed by atoms with van der Waals surface area (Å²) in [6, 6.07) is 9.83. The highest BCUT2D eigenvalue weighted by molar-refractivity contribution is 7.21. The molecule has 0 unspecified atom stereocenters. The Hall–Kier alpha value is -3.07. The van der Waals surface area contributed by atoms with Crippen molar-refractivity contribution in [2.45, 2.75) is 13.5 Å². The lowest BCUT2D eigenvalue weighted by atomic mass is 10.1. The molecule has 0 atom stereocenters. The molecule has 0 fully saturated rings. The lowest BCUT2D eigenvalue weighted by molar-refractivity contribution is -0.119. The van der Waals surface area contributed by atoms with Gasteiger partial charge in [-0.3, -0.25) is 4.79 Å². The summed E-state index contributed by atoms with van der Waals surface area (Å²) < 4.78 is 47.9. The van der Waals surface area contributed by atoms with E-state index in [0.29, 0.717) is 21.3 Å². The molecule has 1 aromatic heterocycles. The Morgan fingerprint density at radius 1 is 1.14 bits per heavy atom. The van der Waals surface area contributed by atoms with Crippen LogP contribution < -0.4 is 10.1 Å². The second-order valence-corrected chi connectivity index (χ2v) is 6.75. The van der Waals surface area contributed by atoms with Gasteiger partial charge in [-0.15, -0.1) is 11.3 Å². The molecule has 0 saturated carbocycles. The third kappa shape index (κ3) is 4.42. The summed E-state index contributed by atoms with van der Waals surface area (Å²) in [4.78, 5) is 24.4. The van der Waals surface area contributed by atoms with Crippen molar-refractivity contribution in [3.8, 4) is 5.75 Å². The first-order chi connectivity index (χ1) is 13.3. The van der Waals surface area contributed by atoms with Crippen molar-refractivity contribution in [2.24, 2.45) is 0 Å². The zero-order valence-corrected chi connectivity index (χ0v) is 15.3. The molecule has 9 heteroatoms. The van der Waals surface area contributed by atoms with Gasteiger partial charge in [-0.1, -0.05) is 6.07 Å². The van der Waals surface area contributed by atoms with E-state index in [1.807, 2.05) is 0 Å². The molecule has 0 spiro atoms. The molecule has 1 heterocycles. The van der Waals surface area contributed by atoms with E-state index < -0.39 is 30.9 Å². The van der Waals surface area contributed by atoms with Gasteiger partial charge in [-0.2, -0.15) is 8.78 Å². The Labute approximate surface area is 161 Å². The van der Waals surface area contributed by atoms with E-state index in [9.17, 15) is 22.8 Å². The van der Waals surface area contributed by atoms with Gasteiger partial charge < -0.3 is 14.8 Å². The van der Waals surface area contributed by atoms with Crippen LogP contribution in [0.2, 0.25) is 0 Å². The van der Waals surface area contributed by atoms with Crippen LogP contribution in [0.25, 0.3) is 10.1 Å². The van der Waals surface area contributed by atoms with E-state index in [0.717, 1.165) is 11.3 Å². The molecule has 1 amide bonds. The van der Waals surface area contributed by atoms with E-state index in [4.69, 9.17) is 4.74 Å². The zero-order valence-electron chi connectivity index (χ0n) is 14.5. The van der Waals surface area contributed by atoms with Crippen molar-refractivity contribution in [3.05, 3.63) is 58.7 Å². The predicted molar refractivity (Wildman–Crippen MR) is 98.5 cm³/mol. The third-order valence-corrected chi connectivity index (χ3v) is 5.02. The number of rotatable bonds is 6. The van der Waals surface area contributed by atoms with Gasteiger partial charge in [0.05, 0.1) is 0 Å². The van der Waals surface area contributed by atoms with Crippen molar-refractivity contribution in [2.75, 3.05) is 11.9 Å². The summed E-state index contributed by atoms with van der Waals surface area (Å²) in [6.45, 7) is -1.88. The number of amides is 1. The number of hydrogen-bond acceptors (Lipinski definition) is 5. The van der Waals surface area contributed by atoms with Crippen molar-refractivity contribution in [3.63, 3.8) is 0 Å². The predicted octanol–water partition coefficient (Wildman–Crippen LogP) is 4.75. The average Bonchev–Trinajstić information content (AvgIpc) is 2.99. The highest BCUT2D eigenvalue weighted by Gasteiger charge is 2.19. The summed E-state index contributed by atoms with van der Waals surface area (Å²) in [5.41, 5.74) is 0.779. The van der Waals surface area contributed by atoms with Crippen molar-refractivity contribution >= 4 is 39.0 Å². The van der Waals surface area contributed by atoms with Gasteiger partial charge in [0.25, 0.3) is 5.91 Å². The Bertz CT molecular complexity index is 1020. The minimum Gasteiger partial charge on any atom is -0.451 e. The van der Waals surface area contributed by atoms with Crippen LogP contribution in [-0.2, 0) is 9.53 Å². The highest BCUT2D eigenvalue weighted by Crippen LogP contribution is 2.33. The topological polar surface area (TPSA) is 64.6 Å². The summed E-state index contributed by atoms with van der Waals surface area (Å²) in [5.74, 6) is -1.82. The normalized spacial score (nSPS) is 10.9. The van der Waals surface area contributed by atoms with Crippen molar-refractivity contribution in [1.82, 2.24) is 0 Å². The molecule has 0 radical (unpaired) electrons. The van der Waals surface area contributed by atoms with Gasteiger partial charge >= 0.3 is 12.6 Å². The van der Waals surface area contributed by atoms with Crippen LogP contribution in [0.15, 0.2) is 42.5 Å². The van der Waals surface area contributed by atoms with Crippen LogP contribution in [0, 0.1) is 12.7 Å². The quantitative estimate of drug-likeness (QED) is 0.597. The fourth-order valence-electron chi connectivity index (χ4n) is 2.56. The molecule has 5 nitrogen and oxygen atoms in total. The minimum atomic E-state index is -2.94. The largest absolute Gasteiger partial charge is 0.451 e. The maximum absolute atomic E-state index is 13.9. The van der Waals surface area contributed by atoms with Crippen molar-refractivity contribution < 1.29 is 32.2 Å². The van der Waals surface area contributed by atoms with Gasteiger partial charge in [-0.25, -0.2) is 9.18 Å². The van der Waals surface area contributed by atoms with Crippen LogP contribution in [0.3, 0.4) is 0 Å². The lowest BCUT2D eigenvalue weighted by Crippen LogP contribution is -2.20. The van der Waals surface area contributed by atoms with E-state index in [2.05, 4.69) is 10.1 Å². The van der Waals surface area contributed by atoms with E-state index in [-0.39, 0.29) is 10.6 Å². The molecule has 0 bridgehead atoms. The number of hydrogen-bond donors (Lipinski definition) is 1. The van der Waals surface area contributed by atoms with Crippen LogP contribution in [0.1, 0.15) is 15.2 Å². The van der Waals surface area contributed by atoms with Crippen LogP contribution >= 0.6 is 11.3 Å². The summed E-state index contributed by atoms with van der Waals surface area (Å²) in [5, 5.41) is 2.82. The van der Waals surface area contributed by atoms with E-state index >= 15 is 0 Å². The van der Waals surface area contributed by atoms with Gasteiger partial charge in [0.15, 0.2) is 6.61 Å². The summed E-state index contributed by atoms with van der Waals surface area (Å²) in [6.07, 6.45) is 0. The SMILES string of the molecule is Cc1c(C(=O)OCC(=O)Nc2ccc(OC(F)F)cc2)sc2cccc(F)c12. The Morgan fingerprint density at radius 3 is 2.50 bits per heavy atom. The van der Waals surface area contributed by atoms with E-state index in [1.165, 1.54) is 30.3 Å². The number of halogens is 3. The second kappa shape index (κ2) is 8.30. The standard InChI is InChI=1S/C19H14F3NO4S/c1-10-16-13(20)3-2-4-14(16)28-17(10)18(25)26-9-15(24)23-11-5-7-12(8-6-11)27-19(21)22/h2-8,19H,9H2,1H3,(H,23,24). The maximum atomic E-state index is 13.9. The van der Waals surface area contributed by atoms with Crippen molar-refractivity contribution in [1.29, 1.82) is 0 Å². The first kappa shape index (κ1) is 19.7. The smallest absolute Gasteiger partial charge is 0.387 e. The maximum Gasteiger partial charge on any atom is 0.387 e. The van der Waals surface area contributed by atoms with Crippen LogP contribution in [-0.4, -0.2) is 25.1 Å².